The third kappa shape index (κ3) is 3.52. The maximum Gasteiger partial charge on any atom is 0.311 e. The van der Waals surface area contributed by atoms with E-state index in [9.17, 15) is 10.1 Å². The summed E-state index contributed by atoms with van der Waals surface area (Å²) in [6.45, 7) is 6.32. The van der Waals surface area contributed by atoms with Gasteiger partial charge in [-0.1, -0.05) is 29.3 Å². The van der Waals surface area contributed by atoms with Crippen molar-refractivity contribution >= 4 is 17.3 Å². The van der Waals surface area contributed by atoms with Gasteiger partial charge in [0.25, 0.3) is 0 Å². The Kier molecular flexibility index (Phi) is 4.48. The lowest BCUT2D eigenvalue weighted by Gasteiger charge is -2.13. The van der Waals surface area contributed by atoms with Crippen molar-refractivity contribution in [3.05, 3.63) is 67.7 Å². The lowest BCUT2D eigenvalue weighted by Crippen LogP contribution is -2.03. The van der Waals surface area contributed by atoms with E-state index in [4.69, 9.17) is 16.3 Å². The zero-order valence-electron chi connectivity index (χ0n) is 12.1. The minimum Gasteiger partial charge on any atom is -0.482 e. The average Bonchev–Trinajstić information content (AvgIpc) is 2.37. The SMILES string of the molecule is Cc1cc(C)c(COc2cc(Cl)ccc2[N+](=O)[O-])c(C)c1. The van der Waals surface area contributed by atoms with Gasteiger partial charge < -0.3 is 4.74 Å². The molecule has 0 aliphatic carbocycles. The van der Waals surface area contributed by atoms with Crippen LogP contribution in [0.3, 0.4) is 0 Å². The number of rotatable bonds is 4. The number of ether oxygens (including phenoxy) is 1. The van der Waals surface area contributed by atoms with Gasteiger partial charge >= 0.3 is 5.69 Å². The second-order valence-electron chi connectivity index (χ2n) is 5.04. The van der Waals surface area contributed by atoms with Crippen molar-refractivity contribution < 1.29 is 9.66 Å². The van der Waals surface area contributed by atoms with Gasteiger partial charge in [-0.25, -0.2) is 0 Å². The minimum atomic E-state index is -0.472. The Hall–Kier alpha value is -2.07. The van der Waals surface area contributed by atoms with E-state index in [0.717, 1.165) is 16.7 Å². The molecule has 0 radical (unpaired) electrons. The number of benzene rings is 2. The maximum absolute atomic E-state index is 11.0. The first-order valence-corrected chi connectivity index (χ1v) is 6.89. The number of aryl methyl sites for hydroxylation is 3. The Morgan fingerprint density at radius 1 is 1.14 bits per heavy atom. The van der Waals surface area contributed by atoms with Crippen molar-refractivity contribution in [1.82, 2.24) is 0 Å². The molecule has 2 rings (SSSR count). The Balaban J connectivity index is 2.28. The van der Waals surface area contributed by atoms with Gasteiger partial charge in [0.15, 0.2) is 5.75 Å². The predicted molar refractivity (Wildman–Crippen MR) is 83.1 cm³/mol. The highest BCUT2D eigenvalue weighted by molar-refractivity contribution is 6.30. The maximum atomic E-state index is 11.0. The highest BCUT2D eigenvalue weighted by Gasteiger charge is 2.16. The summed E-state index contributed by atoms with van der Waals surface area (Å²) < 4.78 is 5.64. The summed E-state index contributed by atoms with van der Waals surface area (Å²) in [6.07, 6.45) is 0. The van der Waals surface area contributed by atoms with Crippen LogP contribution in [0.15, 0.2) is 30.3 Å². The molecule has 0 saturated carbocycles. The molecule has 0 atom stereocenters. The molecule has 2 aromatic rings. The fourth-order valence-electron chi connectivity index (χ4n) is 2.34. The molecule has 0 bridgehead atoms. The van der Waals surface area contributed by atoms with Gasteiger partial charge in [0.1, 0.15) is 6.61 Å². The lowest BCUT2D eigenvalue weighted by atomic mass is 10.0. The Morgan fingerprint density at radius 3 is 2.33 bits per heavy atom. The highest BCUT2D eigenvalue weighted by atomic mass is 35.5. The number of hydrogen-bond donors (Lipinski definition) is 0. The summed E-state index contributed by atoms with van der Waals surface area (Å²) in [5.41, 5.74) is 4.36. The third-order valence-corrected chi connectivity index (χ3v) is 3.57. The minimum absolute atomic E-state index is 0.0817. The molecule has 21 heavy (non-hydrogen) atoms. The largest absolute Gasteiger partial charge is 0.482 e. The molecule has 4 nitrogen and oxygen atoms in total. The summed E-state index contributed by atoms with van der Waals surface area (Å²) in [5.74, 6) is 0.187. The molecule has 110 valence electrons. The molecule has 5 heteroatoms. The van der Waals surface area contributed by atoms with Crippen LogP contribution in [0, 0.1) is 30.9 Å². The van der Waals surface area contributed by atoms with Gasteiger partial charge in [-0.15, -0.1) is 0 Å². The topological polar surface area (TPSA) is 52.4 Å². The summed E-state index contributed by atoms with van der Waals surface area (Å²) in [4.78, 5) is 10.5. The molecule has 0 aromatic heterocycles. The number of nitro groups is 1. The van der Waals surface area contributed by atoms with E-state index in [0.29, 0.717) is 5.02 Å². The van der Waals surface area contributed by atoms with E-state index < -0.39 is 4.92 Å². The van der Waals surface area contributed by atoms with E-state index >= 15 is 0 Å². The normalized spacial score (nSPS) is 10.5. The summed E-state index contributed by atoms with van der Waals surface area (Å²) in [6, 6.07) is 8.44. The smallest absolute Gasteiger partial charge is 0.311 e. The summed E-state index contributed by atoms with van der Waals surface area (Å²) >= 11 is 5.88. The van der Waals surface area contributed by atoms with Gasteiger partial charge in [0.2, 0.25) is 0 Å². The Labute approximate surface area is 128 Å². The molecule has 0 heterocycles. The van der Waals surface area contributed by atoms with Crippen molar-refractivity contribution in [3.8, 4) is 5.75 Å². The Morgan fingerprint density at radius 2 is 1.76 bits per heavy atom. The molecule has 0 saturated heterocycles. The van der Waals surface area contributed by atoms with E-state index in [1.807, 2.05) is 20.8 Å². The van der Waals surface area contributed by atoms with Crippen molar-refractivity contribution in [2.45, 2.75) is 27.4 Å². The van der Waals surface area contributed by atoms with Gasteiger partial charge in [0.05, 0.1) is 4.92 Å². The van der Waals surface area contributed by atoms with Crippen LogP contribution in [0.25, 0.3) is 0 Å². The van der Waals surface area contributed by atoms with Crippen LogP contribution in [0.2, 0.25) is 5.02 Å². The van der Waals surface area contributed by atoms with Crippen molar-refractivity contribution in [1.29, 1.82) is 0 Å². The number of hydrogen-bond acceptors (Lipinski definition) is 3. The molecular formula is C16H16ClNO3. The van der Waals surface area contributed by atoms with Crippen LogP contribution < -0.4 is 4.74 Å². The van der Waals surface area contributed by atoms with Crippen molar-refractivity contribution in [2.75, 3.05) is 0 Å². The fourth-order valence-corrected chi connectivity index (χ4v) is 2.50. The Bertz CT molecular complexity index is 675. The first-order valence-electron chi connectivity index (χ1n) is 6.52. The fraction of sp³-hybridized carbons (Fsp3) is 0.250. The van der Waals surface area contributed by atoms with Crippen molar-refractivity contribution in [2.24, 2.45) is 0 Å². The third-order valence-electron chi connectivity index (χ3n) is 3.33. The standard InChI is InChI=1S/C16H16ClNO3/c1-10-6-11(2)14(12(3)7-10)9-21-16-8-13(17)4-5-15(16)18(19)20/h4-8H,9H2,1-3H3. The first-order chi connectivity index (χ1) is 9.88. The highest BCUT2D eigenvalue weighted by Crippen LogP contribution is 2.31. The monoisotopic (exact) mass is 305 g/mol. The van der Waals surface area contributed by atoms with Gasteiger partial charge in [-0.2, -0.15) is 0 Å². The van der Waals surface area contributed by atoms with Crippen LogP contribution >= 0.6 is 11.6 Å². The van der Waals surface area contributed by atoms with Crippen LogP contribution in [0.4, 0.5) is 5.69 Å². The van der Waals surface area contributed by atoms with Crippen LogP contribution in [-0.2, 0) is 6.61 Å². The zero-order chi connectivity index (χ0) is 15.6. The second-order valence-corrected chi connectivity index (χ2v) is 5.47. The summed E-state index contributed by atoms with van der Waals surface area (Å²) in [5, 5.41) is 11.4. The molecule has 0 aliphatic heterocycles. The predicted octanol–water partition coefficient (Wildman–Crippen LogP) is 4.75. The van der Waals surface area contributed by atoms with Crippen LogP contribution in [-0.4, -0.2) is 4.92 Å². The molecule has 0 N–H and O–H groups in total. The molecule has 0 spiro atoms. The number of nitrogens with zero attached hydrogens (tertiary/aromatic N) is 1. The van der Waals surface area contributed by atoms with E-state index in [2.05, 4.69) is 12.1 Å². The van der Waals surface area contributed by atoms with E-state index in [1.54, 1.807) is 0 Å². The van der Waals surface area contributed by atoms with Crippen molar-refractivity contribution in [3.63, 3.8) is 0 Å². The van der Waals surface area contributed by atoms with Crippen LogP contribution in [0.1, 0.15) is 22.3 Å². The molecule has 2 aromatic carbocycles. The summed E-state index contributed by atoms with van der Waals surface area (Å²) in [7, 11) is 0. The van der Waals surface area contributed by atoms with Gasteiger partial charge in [-0.05, 0) is 43.5 Å². The second kappa shape index (κ2) is 6.14. The molecule has 0 unspecified atom stereocenters. The van der Waals surface area contributed by atoms with Gasteiger partial charge in [-0.3, -0.25) is 10.1 Å². The van der Waals surface area contributed by atoms with E-state index in [-0.39, 0.29) is 18.0 Å². The quantitative estimate of drug-likeness (QED) is 0.605. The number of halogens is 1. The number of nitro benzene ring substituents is 1. The van der Waals surface area contributed by atoms with Crippen LogP contribution in [0.5, 0.6) is 5.75 Å². The first kappa shape index (κ1) is 15.3. The molecule has 0 fully saturated rings. The molecule has 0 amide bonds. The molecular weight excluding hydrogens is 290 g/mol. The van der Waals surface area contributed by atoms with Gasteiger partial charge in [0, 0.05) is 17.2 Å². The zero-order valence-corrected chi connectivity index (χ0v) is 12.9. The molecule has 0 aliphatic rings. The van der Waals surface area contributed by atoms with E-state index in [1.165, 1.54) is 23.8 Å². The average molecular weight is 306 g/mol. The lowest BCUT2D eigenvalue weighted by molar-refractivity contribution is -0.385.